The number of hydrogen-bond donors (Lipinski definition) is 2. The van der Waals surface area contributed by atoms with Crippen molar-refractivity contribution in [2.75, 3.05) is 18.5 Å². The maximum atomic E-state index is 13.4. The Morgan fingerprint density at radius 3 is 2.52 bits per heavy atom. The highest BCUT2D eigenvalue weighted by molar-refractivity contribution is 8.00. The van der Waals surface area contributed by atoms with E-state index in [1.807, 2.05) is 66.1 Å². The summed E-state index contributed by atoms with van der Waals surface area (Å²) in [5.41, 5.74) is 3.13. The first-order valence-electron chi connectivity index (χ1n) is 14.6. The molecule has 5 rings (SSSR count). The molecule has 44 heavy (non-hydrogen) atoms. The van der Waals surface area contributed by atoms with E-state index < -0.39 is 11.2 Å². The summed E-state index contributed by atoms with van der Waals surface area (Å²) in [4.78, 5) is 40.0. The van der Waals surface area contributed by atoms with Crippen molar-refractivity contribution in [1.29, 1.82) is 0 Å². The Kier molecular flexibility index (Phi) is 10.3. The number of amides is 2. The van der Waals surface area contributed by atoms with Crippen LogP contribution in [-0.2, 0) is 40.1 Å². The summed E-state index contributed by atoms with van der Waals surface area (Å²) < 4.78 is 12.7. The quantitative estimate of drug-likeness (QED) is 0.149. The fourth-order valence-electron chi connectivity index (χ4n) is 4.97. The summed E-state index contributed by atoms with van der Waals surface area (Å²) in [5, 5.41) is 15.1. The predicted molar refractivity (Wildman–Crippen MR) is 171 cm³/mol. The molecule has 10 nitrogen and oxygen atoms in total. The van der Waals surface area contributed by atoms with Gasteiger partial charge in [-0.05, 0) is 75.4 Å². The number of carbonyl (C=O) groups excluding carboxylic acids is 3. The van der Waals surface area contributed by atoms with Gasteiger partial charge in [-0.3, -0.25) is 14.2 Å². The van der Waals surface area contributed by atoms with E-state index in [4.69, 9.17) is 9.47 Å². The smallest absolute Gasteiger partial charge is 0.341 e. The van der Waals surface area contributed by atoms with E-state index in [-0.39, 0.29) is 31.4 Å². The highest BCUT2D eigenvalue weighted by Gasteiger charge is 2.30. The molecule has 2 N–H and O–H groups in total. The summed E-state index contributed by atoms with van der Waals surface area (Å²) in [6, 6.07) is 17.0. The van der Waals surface area contributed by atoms with Gasteiger partial charge in [0, 0.05) is 10.6 Å². The van der Waals surface area contributed by atoms with Crippen molar-refractivity contribution >= 4 is 45.9 Å². The van der Waals surface area contributed by atoms with E-state index in [0.29, 0.717) is 28.2 Å². The zero-order chi connectivity index (χ0) is 31.1. The van der Waals surface area contributed by atoms with Crippen LogP contribution in [0.25, 0.3) is 5.69 Å². The molecule has 1 atom stereocenters. The highest BCUT2D eigenvalue weighted by atomic mass is 32.2. The van der Waals surface area contributed by atoms with Gasteiger partial charge in [-0.1, -0.05) is 42.1 Å². The molecule has 0 saturated heterocycles. The van der Waals surface area contributed by atoms with Crippen molar-refractivity contribution < 1.29 is 23.9 Å². The minimum atomic E-state index is -0.576. The Bertz CT molecular complexity index is 1620. The first kappa shape index (κ1) is 31.3. The largest absolute Gasteiger partial charge is 0.494 e. The molecule has 1 aliphatic rings. The van der Waals surface area contributed by atoms with Crippen LogP contribution in [0.3, 0.4) is 0 Å². The maximum absolute atomic E-state index is 13.4. The number of anilines is 1. The van der Waals surface area contributed by atoms with Crippen LogP contribution in [0.15, 0.2) is 59.8 Å². The van der Waals surface area contributed by atoms with Crippen molar-refractivity contribution in [3.05, 3.63) is 82.0 Å². The molecule has 0 bridgehead atoms. The van der Waals surface area contributed by atoms with Crippen molar-refractivity contribution in [2.45, 2.75) is 63.4 Å². The number of thioether (sulfide) groups is 1. The second-order valence-electron chi connectivity index (χ2n) is 10.1. The summed E-state index contributed by atoms with van der Waals surface area (Å²) in [7, 11) is 0. The molecule has 2 aromatic carbocycles. The van der Waals surface area contributed by atoms with Crippen LogP contribution in [0, 0.1) is 0 Å². The minimum Gasteiger partial charge on any atom is -0.494 e. The summed E-state index contributed by atoms with van der Waals surface area (Å²) >= 11 is 2.69. The third-order valence-electron chi connectivity index (χ3n) is 7.05. The first-order chi connectivity index (χ1) is 21.4. The fraction of sp³-hybridized carbons (Fsp3) is 0.344. The van der Waals surface area contributed by atoms with Gasteiger partial charge < -0.3 is 20.1 Å². The number of aryl methyl sites for hydroxylation is 1. The summed E-state index contributed by atoms with van der Waals surface area (Å²) in [5.74, 6) is 0.435. The third kappa shape index (κ3) is 7.31. The molecule has 0 saturated carbocycles. The van der Waals surface area contributed by atoms with Crippen molar-refractivity contribution in [3.63, 3.8) is 0 Å². The fourth-order valence-corrected chi connectivity index (χ4v) is 7.13. The van der Waals surface area contributed by atoms with Crippen molar-refractivity contribution in [1.82, 2.24) is 20.1 Å². The van der Waals surface area contributed by atoms with Crippen molar-refractivity contribution in [3.8, 4) is 11.4 Å². The molecular formula is C32H35N5O5S2. The highest BCUT2D eigenvalue weighted by Crippen LogP contribution is 2.40. The van der Waals surface area contributed by atoms with E-state index in [2.05, 4.69) is 20.8 Å². The molecule has 0 spiro atoms. The number of ether oxygens (including phenoxy) is 2. The van der Waals surface area contributed by atoms with Gasteiger partial charge in [-0.25, -0.2) is 4.79 Å². The monoisotopic (exact) mass is 633 g/mol. The lowest BCUT2D eigenvalue weighted by atomic mass is 10.1. The van der Waals surface area contributed by atoms with Crippen LogP contribution in [0.1, 0.15) is 59.4 Å². The number of rotatable bonds is 13. The molecule has 12 heteroatoms. The normalized spacial score (nSPS) is 12.8. The van der Waals surface area contributed by atoms with Crippen LogP contribution in [0.5, 0.6) is 5.75 Å². The van der Waals surface area contributed by atoms with Crippen molar-refractivity contribution in [2.24, 2.45) is 0 Å². The number of aromatic nitrogens is 3. The van der Waals surface area contributed by atoms with Crippen LogP contribution in [-0.4, -0.2) is 51.0 Å². The molecule has 2 heterocycles. The number of thiophene rings is 1. The van der Waals surface area contributed by atoms with Gasteiger partial charge in [0.05, 0.1) is 37.0 Å². The van der Waals surface area contributed by atoms with Crippen LogP contribution in [0.2, 0.25) is 0 Å². The van der Waals surface area contributed by atoms with Crippen LogP contribution < -0.4 is 15.4 Å². The van der Waals surface area contributed by atoms with Gasteiger partial charge in [-0.15, -0.1) is 21.5 Å². The van der Waals surface area contributed by atoms with Gasteiger partial charge in [0.15, 0.2) is 11.0 Å². The number of nitrogens with one attached hydrogen (secondary N) is 2. The second-order valence-corrected chi connectivity index (χ2v) is 12.5. The molecule has 1 aliphatic carbocycles. The molecule has 0 radical (unpaired) electrons. The van der Waals surface area contributed by atoms with Crippen LogP contribution in [0.4, 0.5) is 5.00 Å². The maximum Gasteiger partial charge on any atom is 0.341 e. The number of carbonyl (C=O) groups is 3. The second kappa shape index (κ2) is 14.5. The number of hydrogen-bond acceptors (Lipinski definition) is 9. The van der Waals surface area contributed by atoms with Gasteiger partial charge in [-0.2, -0.15) is 0 Å². The standard InChI is InChI=1S/C32H35N5O5S2/c1-4-41-23-16-14-22(15-17-23)37-26(19-33-27(38)18-21-10-7-6-8-11-21)35-36-32(37)43-20(3)29(39)34-30-28(31(40)42-5-2)24-12-9-13-25(24)44-30/h6-8,10-11,14-17,20H,4-5,9,12-13,18-19H2,1-3H3,(H,33,38)(H,34,39)/t20-/m1/s1. The lowest BCUT2D eigenvalue weighted by Gasteiger charge is -2.15. The SMILES string of the molecule is CCOC(=O)c1c(NC(=O)[C@@H](C)Sc2nnc(CNC(=O)Cc3ccccc3)n2-c2ccc(OCC)cc2)sc2c1CCC2. The third-order valence-corrected chi connectivity index (χ3v) is 9.30. The molecule has 0 aliphatic heterocycles. The Hall–Kier alpha value is -4.16. The number of fused-ring (bicyclic) bond motifs is 1. The number of nitrogens with zero attached hydrogens (tertiary/aromatic N) is 3. The summed E-state index contributed by atoms with van der Waals surface area (Å²) in [6.07, 6.45) is 2.93. The average Bonchev–Trinajstić information content (AvgIpc) is 3.72. The average molecular weight is 634 g/mol. The predicted octanol–water partition coefficient (Wildman–Crippen LogP) is 5.37. The van der Waals surface area contributed by atoms with Gasteiger partial charge in [0.1, 0.15) is 10.8 Å². The minimum absolute atomic E-state index is 0.139. The number of benzene rings is 2. The molecule has 230 valence electrons. The van der Waals surface area contributed by atoms with E-state index in [0.717, 1.165) is 46.7 Å². The lowest BCUT2D eigenvalue weighted by Crippen LogP contribution is -2.26. The first-order valence-corrected chi connectivity index (χ1v) is 16.3. The molecular weight excluding hydrogens is 599 g/mol. The van der Waals surface area contributed by atoms with Gasteiger partial charge in [0.25, 0.3) is 0 Å². The molecule has 0 fully saturated rings. The topological polar surface area (TPSA) is 124 Å². The zero-order valence-electron chi connectivity index (χ0n) is 24.9. The Morgan fingerprint density at radius 2 is 1.80 bits per heavy atom. The molecule has 4 aromatic rings. The molecule has 2 aromatic heterocycles. The van der Waals surface area contributed by atoms with E-state index in [9.17, 15) is 14.4 Å². The Balaban J connectivity index is 1.34. The molecule has 2 amide bonds. The van der Waals surface area contributed by atoms with E-state index in [1.165, 1.54) is 23.1 Å². The number of esters is 1. The van der Waals surface area contributed by atoms with Crippen LogP contribution >= 0.6 is 23.1 Å². The molecule has 0 unspecified atom stereocenters. The Morgan fingerprint density at radius 1 is 1.02 bits per heavy atom. The van der Waals surface area contributed by atoms with E-state index >= 15 is 0 Å². The van der Waals surface area contributed by atoms with Gasteiger partial charge in [0.2, 0.25) is 11.8 Å². The summed E-state index contributed by atoms with van der Waals surface area (Å²) in [6.45, 7) is 6.43. The van der Waals surface area contributed by atoms with Gasteiger partial charge >= 0.3 is 5.97 Å². The Labute approximate surface area is 264 Å². The lowest BCUT2D eigenvalue weighted by molar-refractivity contribution is -0.120. The zero-order valence-corrected chi connectivity index (χ0v) is 26.6. The van der Waals surface area contributed by atoms with E-state index in [1.54, 1.807) is 13.8 Å².